The van der Waals surface area contributed by atoms with Gasteiger partial charge in [-0.15, -0.1) is 0 Å². The molecule has 0 N–H and O–H groups in total. The Morgan fingerprint density at radius 1 is 1.29 bits per heavy atom. The second-order valence-corrected chi connectivity index (χ2v) is 4.27. The number of rotatable bonds is 2. The van der Waals surface area contributed by atoms with Crippen LogP contribution in [0.1, 0.15) is 24.0 Å². The zero-order chi connectivity index (χ0) is 9.80. The summed E-state index contributed by atoms with van der Waals surface area (Å²) < 4.78 is 5.48. The van der Waals surface area contributed by atoms with Crippen LogP contribution in [0.4, 0.5) is 0 Å². The molecule has 1 aromatic rings. The molecule has 2 rings (SSSR count). The highest BCUT2D eigenvalue weighted by atomic mass is 16.5. The minimum atomic E-state index is 0.742. The zero-order valence-corrected chi connectivity index (χ0v) is 8.83. The summed E-state index contributed by atoms with van der Waals surface area (Å²) in [6, 6.07) is 8.87. The minimum Gasteiger partial charge on any atom is -0.381 e. The van der Waals surface area contributed by atoms with Crippen LogP contribution in [-0.2, 0) is 11.2 Å². The summed E-state index contributed by atoms with van der Waals surface area (Å²) in [4.78, 5) is 0. The van der Waals surface area contributed by atoms with E-state index < -0.39 is 0 Å². The lowest BCUT2D eigenvalue weighted by Crippen LogP contribution is -2.19. The standard InChI is InChI=1S/C13H18O/c1-11-4-6-12(7-5-11)9-13-3-2-8-14-10-13/h4-7,13H,2-3,8-10H2,1H3. The van der Waals surface area contributed by atoms with E-state index in [0.29, 0.717) is 0 Å². The van der Waals surface area contributed by atoms with Crippen molar-refractivity contribution < 1.29 is 4.74 Å². The van der Waals surface area contributed by atoms with Gasteiger partial charge in [-0.05, 0) is 37.7 Å². The Hall–Kier alpha value is -0.820. The maximum atomic E-state index is 5.48. The molecular formula is C13H18O. The summed E-state index contributed by atoms with van der Waals surface area (Å²) >= 11 is 0. The van der Waals surface area contributed by atoms with E-state index in [1.165, 1.54) is 30.4 Å². The van der Waals surface area contributed by atoms with Crippen LogP contribution in [0.3, 0.4) is 0 Å². The molecule has 0 radical (unpaired) electrons. The monoisotopic (exact) mass is 190 g/mol. The normalized spacial score (nSPS) is 22.2. The Labute approximate surface area is 86.1 Å². The minimum absolute atomic E-state index is 0.742. The average Bonchev–Trinajstić information content (AvgIpc) is 2.23. The van der Waals surface area contributed by atoms with E-state index in [9.17, 15) is 0 Å². The largest absolute Gasteiger partial charge is 0.381 e. The van der Waals surface area contributed by atoms with Gasteiger partial charge >= 0.3 is 0 Å². The molecule has 14 heavy (non-hydrogen) atoms. The molecule has 0 saturated carbocycles. The van der Waals surface area contributed by atoms with Crippen molar-refractivity contribution in [1.29, 1.82) is 0 Å². The highest BCUT2D eigenvalue weighted by molar-refractivity contribution is 5.21. The summed E-state index contributed by atoms with van der Waals surface area (Å²) in [5.74, 6) is 0.742. The first-order valence-electron chi connectivity index (χ1n) is 5.48. The molecule has 0 aromatic heterocycles. The Balaban J connectivity index is 1.92. The van der Waals surface area contributed by atoms with Crippen LogP contribution in [0.2, 0.25) is 0 Å². The summed E-state index contributed by atoms with van der Waals surface area (Å²) in [5, 5.41) is 0. The lowest BCUT2D eigenvalue weighted by molar-refractivity contribution is 0.0550. The molecule has 1 aromatic carbocycles. The average molecular weight is 190 g/mol. The summed E-state index contributed by atoms with van der Waals surface area (Å²) in [5.41, 5.74) is 2.79. The number of ether oxygens (including phenoxy) is 1. The van der Waals surface area contributed by atoms with E-state index in [2.05, 4.69) is 31.2 Å². The maximum Gasteiger partial charge on any atom is 0.0497 e. The SMILES string of the molecule is Cc1ccc(CC2CCCOC2)cc1. The summed E-state index contributed by atoms with van der Waals surface area (Å²) in [6.45, 7) is 4.05. The lowest BCUT2D eigenvalue weighted by Gasteiger charge is -2.21. The summed E-state index contributed by atoms with van der Waals surface area (Å²) in [7, 11) is 0. The second-order valence-electron chi connectivity index (χ2n) is 4.27. The van der Waals surface area contributed by atoms with Gasteiger partial charge in [0.05, 0.1) is 0 Å². The van der Waals surface area contributed by atoms with Crippen molar-refractivity contribution in [1.82, 2.24) is 0 Å². The van der Waals surface area contributed by atoms with E-state index in [1.807, 2.05) is 0 Å². The van der Waals surface area contributed by atoms with Crippen molar-refractivity contribution in [3.8, 4) is 0 Å². The summed E-state index contributed by atoms with van der Waals surface area (Å²) in [6.07, 6.45) is 3.74. The molecular weight excluding hydrogens is 172 g/mol. The lowest BCUT2D eigenvalue weighted by atomic mass is 9.94. The van der Waals surface area contributed by atoms with Crippen molar-refractivity contribution in [2.45, 2.75) is 26.2 Å². The Bertz CT molecular complexity index is 270. The fourth-order valence-corrected chi connectivity index (χ4v) is 2.03. The molecule has 1 aliphatic heterocycles. The van der Waals surface area contributed by atoms with Gasteiger partial charge in [0, 0.05) is 13.2 Å². The van der Waals surface area contributed by atoms with Gasteiger partial charge in [-0.25, -0.2) is 0 Å². The van der Waals surface area contributed by atoms with Crippen LogP contribution >= 0.6 is 0 Å². The number of benzene rings is 1. The van der Waals surface area contributed by atoms with E-state index in [0.717, 1.165) is 19.1 Å². The quantitative estimate of drug-likeness (QED) is 0.696. The van der Waals surface area contributed by atoms with E-state index >= 15 is 0 Å². The van der Waals surface area contributed by atoms with Crippen molar-refractivity contribution in [3.63, 3.8) is 0 Å². The van der Waals surface area contributed by atoms with Crippen molar-refractivity contribution >= 4 is 0 Å². The number of hydrogen-bond acceptors (Lipinski definition) is 1. The third-order valence-corrected chi connectivity index (χ3v) is 2.90. The molecule has 1 heterocycles. The van der Waals surface area contributed by atoms with Crippen LogP contribution in [0, 0.1) is 12.8 Å². The molecule has 0 amide bonds. The molecule has 0 aliphatic carbocycles. The van der Waals surface area contributed by atoms with Gasteiger partial charge in [0.2, 0.25) is 0 Å². The molecule has 0 spiro atoms. The Morgan fingerprint density at radius 3 is 2.71 bits per heavy atom. The topological polar surface area (TPSA) is 9.23 Å². The van der Waals surface area contributed by atoms with E-state index in [1.54, 1.807) is 0 Å². The first-order chi connectivity index (χ1) is 6.84. The first-order valence-corrected chi connectivity index (χ1v) is 5.48. The van der Waals surface area contributed by atoms with Crippen molar-refractivity contribution in [3.05, 3.63) is 35.4 Å². The smallest absolute Gasteiger partial charge is 0.0497 e. The van der Waals surface area contributed by atoms with Gasteiger partial charge in [-0.3, -0.25) is 0 Å². The van der Waals surface area contributed by atoms with Gasteiger partial charge in [-0.1, -0.05) is 29.8 Å². The van der Waals surface area contributed by atoms with Gasteiger partial charge in [0.25, 0.3) is 0 Å². The van der Waals surface area contributed by atoms with Gasteiger partial charge in [0.1, 0.15) is 0 Å². The predicted molar refractivity (Wildman–Crippen MR) is 58.4 cm³/mol. The van der Waals surface area contributed by atoms with Crippen LogP contribution in [0.5, 0.6) is 0 Å². The molecule has 1 nitrogen and oxygen atoms in total. The molecule has 1 atom stereocenters. The third kappa shape index (κ3) is 2.58. The fraction of sp³-hybridized carbons (Fsp3) is 0.538. The molecule has 76 valence electrons. The first kappa shape index (κ1) is 9.72. The van der Waals surface area contributed by atoms with Crippen LogP contribution in [0.15, 0.2) is 24.3 Å². The van der Waals surface area contributed by atoms with Gasteiger partial charge in [-0.2, -0.15) is 0 Å². The van der Waals surface area contributed by atoms with E-state index in [-0.39, 0.29) is 0 Å². The van der Waals surface area contributed by atoms with Crippen LogP contribution in [-0.4, -0.2) is 13.2 Å². The molecule has 1 saturated heterocycles. The predicted octanol–water partition coefficient (Wildman–Crippen LogP) is 2.96. The number of hydrogen-bond donors (Lipinski definition) is 0. The highest BCUT2D eigenvalue weighted by Crippen LogP contribution is 2.18. The van der Waals surface area contributed by atoms with Crippen LogP contribution < -0.4 is 0 Å². The molecule has 1 aliphatic rings. The zero-order valence-electron chi connectivity index (χ0n) is 8.83. The van der Waals surface area contributed by atoms with Gasteiger partial charge < -0.3 is 4.74 Å². The highest BCUT2D eigenvalue weighted by Gasteiger charge is 2.13. The maximum absolute atomic E-state index is 5.48. The van der Waals surface area contributed by atoms with Gasteiger partial charge in [0.15, 0.2) is 0 Å². The third-order valence-electron chi connectivity index (χ3n) is 2.90. The Kier molecular flexibility index (Phi) is 3.20. The second kappa shape index (κ2) is 4.61. The Morgan fingerprint density at radius 2 is 2.07 bits per heavy atom. The van der Waals surface area contributed by atoms with Crippen molar-refractivity contribution in [2.24, 2.45) is 5.92 Å². The fourth-order valence-electron chi connectivity index (χ4n) is 2.03. The molecule has 1 unspecified atom stereocenters. The molecule has 0 bridgehead atoms. The molecule has 1 heteroatoms. The van der Waals surface area contributed by atoms with Crippen LogP contribution in [0.25, 0.3) is 0 Å². The van der Waals surface area contributed by atoms with E-state index in [4.69, 9.17) is 4.74 Å². The molecule has 1 fully saturated rings. The number of aryl methyl sites for hydroxylation is 1. The van der Waals surface area contributed by atoms with Crippen molar-refractivity contribution in [2.75, 3.05) is 13.2 Å².